The van der Waals surface area contributed by atoms with E-state index < -0.39 is 15.6 Å². The Morgan fingerprint density at radius 3 is 2.18 bits per heavy atom. The van der Waals surface area contributed by atoms with E-state index in [0.717, 1.165) is 42.5 Å². The summed E-state index contributed by atoms with van der Waals surface area (Å²) in [7, 11) is -3.66. The van der Waals surface area contributed by atoms with Crippen LogP contribution in [0.5, 0.6) is 0 Å². The zero-order valence-electron chi connectivity index (χ0n) is 20.6. The van der Waals surface area contributed by atoms with Crippen LogP contribution in [0.1, 0.15) is 84.3 Å². The highest BCUT2D eigenvalue weighted by Gasteiger charge is 2.54. The van der Waals surface area contributed by atoms with E-state index in [2.05, 4.69) is 23.9 Å². The van der Waals surface area contributed by atoms with E-state index in [4.69, 9.17) is 0 Å². The minimum absolute atomic E-state index is 0.204. The summed E-state index contributed by atoms with van der Waals surface area (Å²) in [4.78, 5) is 14.0. The van der Waals surface area contributed by atoms with Gasteiger partial charge in [-0.25, -0.2) is 13.1 Å². The lowest BCUT2D eigenvalue weighted by Crippen LogP contribution is -2.50. The molecule has 2 N–H and O–H groups in total. The largest absolute Gasteiger partial charge is 0.379 e. The van der Waals surface area contributed by atoms with Crippen LogP contribution >= 0.6 is 0 Å². The average Bonchev–Trinajstić information content (AvgIpc) is 2.63. The number of nitrogens with one attached hydrogen (secondary N) is 2. The number of ketones is 1. The lowest BCUT2D eigenvalue weighted by molar-refractivity contribution is -0.138. The van der Waals surface area contributed by atoms with Crippen molar-refractivity contribution >= 4 is 21.5 Å². The predicted octanol–water partition coefficient (Wildman–Crippen LogP) is 4.81. The minimum Gasteiger partial charge on any atom is -0.379 e. The Balaban J connectivity index is 1.52. The molecule has 1 heterocycles. The quantitative estimate of drug-likeness (QED) is 0.619. The molecule has 5 aliphatic rings. The first-order chi connectivity index (χ1) is 15.2. The van der Waals surface area contributed by atoms with Gasteiger partial charge in [-0.15, -0.1) is 0 Å². The van der Waals surface area contributed by atoms with Gasteiger partial charge in [0, 0.05) is 33.8 Å². The molecule has 0 radical (unpaired) electrons. The molecule has 1 aromatic rings. The fourth-order valence-corrected chi connectivity index (χ4v) is 8.80. The third-order valence-electron chi connectivity index (χ3n) is 8.06. The Kier molecular flexibility index (Phi) is 5.19. The summed E-state index contributed by atoms with van der Waals surface area (Å²) < 4.78 is 28.7. The second-order valence-corrected chi connectivity index (χ2v) is 14.7. The van der Waals surface area contributed by atoms with Gasteiger partial charge in [0.1, 0.15) is 0 Å². The summed E-state index contributed by atoms with van der Waals surface area (Å²) in [5.41, 5.74) is 1.71. The molecule has 4 saturated carbocycles. The molecule has 0 amide bonds. The first-order valence-electron chi connectivity index (χ1n) is 12.5. The molecule has 1 aromatic carbocycles. The van der Waals surface area contributed by atoms with Crippen LogP contribution in [0, 0.1) is 23.2 Å². The van der Waals surface area contributed by atoms with Gasteiger partial charge in [-0.2, -0.15) is 0 Å². The van der Waals surface area contributed by atoms with Gasteiger partial charge in [0.15, 0.2) is 5.78 Å². The van der Waals surface area contributed by atoms with E-state index >= 15 is 0 Å². The Hall–Kier alpha value is -1.66. The van der Waals surface area contributed by atoms with Gasteiger partial charge in [-0.05, 0) is 115 Å². The fourth-order valence-electron chi connectivity index (χ4n) is 7.35. The lowest BCUT2D eigenvalue weighted by atomic mass is 9.48. The molecule has 0 spiro atoms. The van der Waals surface area contributed by atoms with Gasteiger partial charge in [0.2, 0.25) is 10.0 Å². The molecule has 4 bridgehead atoms. The number of hydrogen-bond donors (Lipinski definition) is 2. The maximum absolute atomic E-state index is 13.8. The van der Waals surface area contributed by atoms with Gasteiger partial charge in [0.25, 0.3) is 0 Å². The molecule has 0 saturated heterocycles. The third kappa shape index (κ3) is 4.41. The Morgan fingerprint density at radius 1 is 1.06 bits per heavy atom. The van der Waals surface area contributed by atoms with Crippen LogP contribution in [0.3, 0.4) is 0 Å². The molecule has 4 fully saturated rings. The predicted molar refractivity (Wildman–Crippen MR) is 131 cm³/mol. The van der Waals surface area contributed by atoms with Crippen LogP contribution in [-0.4, -0.2) is 25.3 Å². The molecule has 4 aliphatic carbocycles. The highest BCUT2D eigenvalue weighted by Crippen LogP contribution is 2.60. The third-order valence-corrected chi connectivity index (χ3v) is 9.82. The molecule has 0 unspecified atom stereocenters. The van der Waals surface area contributed by atoms with Crippen molar-refractivity contribution in [3.05, 3.63) is 35.4 Å². The highest BCUT2D eigenvalue weighted by molar-refractivity contribution is 7.89. The number of carbonyl (C=O) groups excluding carboxylic acids is 1. The first kappa shape index (κ1) is 23.1. The maximum Gasteiger partial charge on any atom is 0.241 e. The van der Waals surface area contributed by atoms with Gasteiger partial charge in [-0.3, -0.25) is 4.79 Å². The molecule has 1 aliphatic heterocycles. The number of allylic oxidation sites excluding steroid dienone is 1. The number of carbonyl (C=O) groups is 1. The summed E-state index contributed by atoms with van der Waals surface area (Å²) in [5.74, 6) is 2.37. The van der Waals surface area contributed by atoms with Crippen LogP contribution in [0.2, 0.25) is 0 Å². The Bertz CT molecular complexity index is 1090. The molecule has 6 rings (SSSR count). The van der Waals surface area contributed by atoms with Crippen molar-refractivity contribution in [1.29, 1.82) is 0 Å². The van der Waals surface area contributed by atoms with Crippen LogP contribution in [-0.2, 0) is 21.2 Å². The zero-order valence-corrected chi connectivity index (χ0v) is 21.4. The van der Waals surface area contributed by atoms with Crippen LogP contribution in [0.25, 0.3) is 5.70 Å². The van der Waals surface area contributed by atoms with Crippen molar-refractivity contribution < 1.29 is 13.2 Å². The summed E-state index contributed by atoms with van der Waals surface area (Å²) >= 11 is 0. The van der Waals surface area contributed by atoms with E-state index in [1.807, 2.05) is 32.9 Å². The summed E-state index contributed by atoms with van der Waals surface area (Å²) in [5, 5.41) is 3.56. The number of sulfonamides is 1. The van der Waals surface area contributed by atoms with Crippen molar-refractivity contribution in [2.24, 2.45) is 23.2 Å². The van der Waals surface area contributed by atoms with Gasteiger partial charge < -0.3 is 5.32 Å². The number of hydrogen-bond acceptors (Lipinski definition) is 4. The SMILES string of the molecule is CC(C)(C)NS(=O)(=O)c1ccc2c(c1)/C(=C/C(=O)C13CC4CC(CC(C4)C1)C3)NC(C)(C)C2. The highest BCUT2D eigenvalue weighted by atomic mass is 32.2. The van der Waals surface area contributed by atoms with E-state index in [0.29, 0.717) is 17.8 Å². The number of rotatable bonds is 4. The van der Waals surface area contributed by atoms with Gasteiger partial charge in [-0.1, -0.05) is 6.07 Å². The Morgan fingerprint density at radius 2 is 1.64 bits per heavy atom. The zero-order chi connectivity index (χ0) is 23.8. The Labute approximate surface area is 198 Å². The van der Waals surface area contributed by atoms with Crippen LogP contribution in [0.15, 0.2) is 29.2 Å². The normalized spacial score (nSPS) is 33.6. The minimum atomic E-state index is -3.66. The van der Waals surface area contributed by atoms with Crippen molar-refractivity contribution in [1.82, 2.24) is 10.0 Å². The van der Waals surface area contributed by atoms with Crippen molar-refractivity contribution in [2.45, 2.75) is 95.5 Å². The average molecular weight is 471 g/mol. The molecule has 0 aromatic heterocycles. The first-order valence-corrected chi connectivity index (χ1v) is 13.9. The molecule has 5 nitrogen and oxygen atoms in total. The van der Waals surface area contributed by atoms with Crippen LogP contribution < -0.4 is 10.0 Å². The van der Waals surface area contributed by atoms with Crippen LogP contribution in [0.4, 0.5) is 0 Å². The maximum atomic E-state index is 13.8. The van der Waals surface area contributed by atoms with E-state index in [1.165, 1.54) is 19.3 Å². The second-order valence-electron chi connectivity index (χ2n) is 13.0. The molecule has 0 atom stereocenters. The smallest absolute Gasteiger partial charge is 0.241 e. The van der Waals surface area contributed by atoms with E-state index in [9.17, 15) is 13.2 Å². The second kappa shape index (κ2) is 7.42. The van der Waals surface area contributed by atoms with Crippen molar-refractivity contribution in [3.63, 3.8) is 0 Å². The van der Waals surface area contributed by atoms with Gasteiger partial charge >= 0.3 is 0 Å². The molecular weight excluding hydrogens is 432 g/mol. The van der Waals surface area contributed by atoms with E-state index in [1.54, 1.807) is 12.1 Å². The topological polar surface area (TPSA) is 75.3 Å². The number of benzene rings is 1. The van der Waals surface area contributed by atoms with E-state index in [-0.39, 0.29) is 21.6 Å². The van der Waals surface area contributed by atoms with Gasteiger partial charge in [0.05, 0.1) is 4.90 Å². The summed E-state index contributed by atoms with van der Waals surface area (Å²) in [6, 6.07) is 5.34. The summed E-state index contributed by atoms with van der Waals surface area (Å²) in [6.45, 7) is 9.77. The molecule has 6 heteroatoms. The standard InChI is InChI=1S/C27H38N2O3S/c1-25(2,3)29-33(31,32)21-7-6-20-16-26(4,5)28-23(22(20)11-21)12-24(30)27-13-17-8-18(14-27)10-19(9-17)15-27/h6-7,11-12,17-19,28-29H,8-10,13-16H2,1-5H3/b23-12-. The monoisotopic (exact) mass is 470 g/mol. The molecule has 33 heavy (non-hydrogen) atoms. The van der Waals surface area contributed by atoms with Crippen molar-refractivity contribution in [3.8, 4) is 0 Å². The summed E-state index contributed by atoms with van der Waals surface area (Å²) in [6.07, 6.45) is 9.60. The number of fused-ring (bicyclic) bond motifs is 1. The fraction of sp³-hybridized carbons (Fsp3) is 0.667. The molecular formula is C27H38N2O3S. The molecule has 180 valence electrons. The van der Waals surface area contributed by atoms with Crippen molar-refractivity contribution in [2.75, 3.05) is 0 Å². The lowest BCUT2D eigenvalue weighted by Gasteiger charge is -2.55.